The monoisotopic (exact) mass is 505 g/mol. The van der Waals surface area contributed by atoms with Crippen LogP contribution in [0.1, 0.15) is 50.4 Å². The number of piperidine rings is 2. The lowest BCUT2D eigenvalue weighted by molar-refractivity contribution is 0.109. The van der Waals surface area contributed by atoms with E-state index in [1.54, 1.807) is 17.3 Å². The van der Waals surface area contributed by atoms with Crippen molar-refractivity contribution in [3.05, 3.63) is 29.3 Å². The van der Waals surface area contributed by atoms with Gasteiger partial charge in [-0.05, 0) is 39.5 Å². The normalized spacial score (nSPS) is 24.9. The number of aryl methyl sites for hydroxylation is 1. The maximum Gasteiger partial charge on any atom is 0.228 e. The molecule has 0 spiro atoms. The summed E-state index contributed by atoms with van der Waals surface area (Å²) in [5, 5.41) is 9.96. The Morgan fingerprint density at radius 1 is 1.29 bits per heavy atom. The standard InChI is InChI=1S/C23H32FN7O3S/c1-4-35(32,33)31-16-6-5-7-17(31)12-18(11-16)30(3)23-26-21(15-8-9-34-13-15)20(24)22(27-23)25-19-10-14(2)28-29-19/h8,10,16-18H,4-7,9,11-13H2,1-3H3,(H2,25,26,27,28,29)/t16-,17+,18+. The molecular formula is C23H32FN7O3S. The molecule has 0 radical (unpaired) electrons. The molecule has 12 heteroatoms. The lowest BCUT2D eigenvalue weighted by atomic mass is 9.83. The van der Waals surface area contributed by atoms with Crippen LogP contribution in [0.3, 0.4) is 0 Å². The molecule has 2 fully saturated rings. The van der Waals surface area contributed by atoms with Gasteiger partial charge in [-0.3, -0.25) is 5.10 Å². The molecule has 5 rings (SSSR count). The van der Waals surface area contributed by atoms with Crippen LogP contribution in [-0.4, -0.2) is 77.0 Å². The fourth-order valence-electron chi connectivity index (χ4n) is 5.44. The largest absolute Gasteiger partial charge is 0.373 e. The molecule has 0 saturated carbocycles. The van der Waals surface area contributed by atoms with Gasteiger partial charge in [-0.1, -0.05) is 12.5 Å². The van der Waals surface area contributed by atoms with Crippen molar-refractivity contribution < 1.29 is 17.5 Å². The number of H-pyrrole nitrogens is 1. The molecule has 0 aliphatic carbocycles. The third-order valence-corrected chi connectivity index (χ3v) is 9.20. The number of nitrogens with one attached hydrogen (secondary N) is 2. The Hall–Kier alpha value is -2.57. The lowest BCUT2D eigenvalue weighted by Gasteiger charge is -2.49. The number of halogens is 1. The maximum absolute atomic E-state index is 15.5. The van der Waals surface area contributed by atoms with Crippen molar-refractivity contribution in [2.75, 3.05) is 36.2 Å². The molecule has 3 aliphatic heterocycles. The number of sulfonamides is 1. The molecule has 2 bridgehead atoms. The van der Waals surface area contributed by atoms with Crippen LogP contribution in [0.2, 0.25) is 0 Å². The summed E-state index contributed by atoms with van der Waals surface area (Å²) in [6, 6.07) is 1.75. The summed E-state index contributed by atoms with van der Waals surface area (Å²) >= 11 is 0. The number of hydrogen-bond acceptors (Lipinski definition) is 8. The van der Waals surface area contributed by atoms with E-state index in [0.717, 1.165) is 25.0 Å². The van der Waals surface area contributed by atoms with Gasteiger partial charge in [0, 0.05) is 42.5 Å². The van der Waals surface area contributed by atoms with Crippen molar-refractivity contribution in [2.24, 2.45) is 0 Å². The van der Waals surface area contributed by atoms with E-state index in [-0.39, 0.29) is 42.0 Å². The van der Waals surface area contributed by atoms with Gasteiger partial charge in [0.1, 0.15) is 5.69 Å². The second kappa shape index (κ2) is 9.47. The van der Waals surface area contributed by atoms with Crippen molar-refractivity contribution in [2.45, 2.75) is 64.1 Å². The van der Waals surface area contributed by atoms with Gasteiger partial charge < -0.3 is 15.0 Å². The van der Waals surface area contributed by atoms with Gasteiger partial charge in [0.15, 0.2) is 17.5 Å². The van der Waals surface area contributed by atoms with Crippen molar-refractivity contribution in [1.29, 1.82) is 0 Å². The minimum absolute atomic E-state index is 0.0321. The second-order valence-electron chi connectivity index (χ2n) is 9.55. The van der Waals surface area contributed by atoms with Gasteiger partial charge in [-0.15, -0.1) is 0 Å². The number of fused-ring (bicyclic) bond motifs is 2. The van der Waals surface area contributed by atoms with E-state index in [1.807, 2.05) is 24.9 Å². The molecule has 190 valence electrons. The van der Waals surface area contributed by atoms with E-state index in [0.29, 0.717) is 36.8 Å². The summed E-state index contributed by atoms with van der Waals surface area (Å²) in [4.78, 5) is 11.1. The average molecular weight is 506 g/mol. The Morgan fingerprint density at radius 3 is 2.63 bits per heavy atom. The minimum Gasteiger partial charge on any atom is -0.373 e. The highest BCUT2D eigenvalue weighted by atomic mass is 32.2. The topological polar surface area (TPSA) is 116 Å². The molecule has 3 aliphatic rings. The van der Waals surface area contributed by atoms with Crippen LogP contribution in [0.25, 0.3) is 5.57 Å². The highest BCUT2D eigenvalue weighted by molar-refractivity contribution is 7.89. The Balaban J connectivity index is 1.47. The molecule has 3 atom stereocenters. The van der Waals surface area contributed by atoms with Crippen molar-refractivity contribution in [3.63, 3.8) is 0 Å². The summed E-state index contributed by atoms with van der Waals surface area (Å²) in [7, 11) is -1.36. The van der Waals surface area contributed by atoms with Gasteiger partial charge in [0.25, 0.3) is 0 Å². The number of rotatable bonds is 7. The van der Waals surface area contributed by atoms with Crippen LogP contribution < -0.4 is 10.2 Å². The van der Waals surface area contributed by atoms with E-state index in [9.17, 15) is 8.42 Å². The first-order chi connectivity index (χ1) is 16.8. The second-order valence-corrected chi connectivity index (χ2v) is 11.7. The van der Waals surface area contributed by atoms with Crippen molar-refractivity contribution in [1.82, 2.24) is 24.5 Å². The summed E-state index contributed by atoms with van der Waals surface area (Å²) in [6.45, 7) is 4.27. The number of ether oxygens (including phenoxy) is 1. The quantitative estimate of drug-likeness (QED) is 0.590. The third-order valence-electron chi connectivity index (χ3n) is 7.23. The van der Waals surface area contributed by atoms with E-state index in [4.69, 9.17) is 4.74 Å². The summed E-state index contributed by atoms with van der Waals surface area (Å²) < 4.78 is 48.2. The molecule has 5 heterocycles. The third kappa shape index (κ3) is 4.66. The molecule has 0 aromatic carbocycles. The van der Waals surface area contributed by atoms with Crippen LogP contribution in [0.4, 0.5) is 22.0 Å². The van der Waals surface area contributed by atoms with Crippen LogP contribution in [0.5, 0.6) is 0 Å². The fourth-order valence-corrected chi connectivity index (χ4v) is 7.03. The van der Waals surface area contributed by atoms with E-state index >= 15 is 4.39 Å². The zero-order valence-corrected chi connectivity index (χ0v) is 21.1. The van der Waals surface area contributed by atoms with Gasteiger partial charge >= 0.3 is 0 Å². The van der Waals surface area contributed by atoms with Crippen molar-refractivity contribution >= 4 is 33.2 Å². The predicted octanol–water partition coefficient (Wildman–Crippen LogP) is 2.98. The Labute approximate surface area is 205 Å². The first kappa shape index (κ1) is 24.1. The molecular weight excluding hydrogens is 473 g/mol. The Kier molecular flexibility index (Phi) is 6.53. The van der Waals surface area contributed by atoms with E-state index in [2.05, 4.69) is 25.5 Å². The van der Waals surface area contributed by atoms with E-state index < -0.39 is 15.8 Å². The zero-order valence-electron chi connectivity index (χ0n) is 20.3. The molecule has 35 heavy (non-hydrogen) atoms. The number of anilines is 3. The summed E-state index contributed by atoms with van der Waals surface area (Å²) in [5.74, 6) is 0.453. The molecule has 2 aromatic rings. The molecule has 0 amide bonds. The SMILES string of the molecule is CCS(=O)(=O)N1[C@@H]2CCC[C@H]1C[C@@H](N(C)c1nc(Nc3cc(C)[nH]n3)c(F)c(C3=CCOC3)n1)C2. The highest BCUT2D eigenvalue weighted by Crippen LogP contribution is 2.39. The number of aromatic nitrogens is 4. The zero-order chi connectivity index (χ0) is 24.7. The molecule has 2 saturated heterocycles. The average Bonchev–Trinajstić information content (AvgIpc) is 3.51. The first-order valence-corrected chi connectivity index (χ1v) is 13.8. The molecule has 10 nitrogen and oxygen atoms in total. The fraction of sp³-hybridized carbons (Fsp3) is 0.609. The summed E-state index contributed by atoms with van der Waals surface area (Å²) in [5.41, 5.74) is 1.73. The number of hydrogen-bond donors (Lipinski definition) is 2. The summed E-state index contributed by atoms with van der Waals surface area (Å²) in [6.07, 6.45) is 5.95. The van der Waals surface area contributed by atoms with Gasteiger partial charge in [0.2, 0.25) is 16.0 Å². The first-order valence-electron chi connectivity index (χ1n) is 12.1. The van der Waals surface area contributed by atoms with Crippen LogP contribution in [0, 0.1) is 12.7 Å². The Bertz CT molecular complexity index is 1220. The van der Waals surface area contributed by atoms with Gasteiger partial charge in [-0.2, -0.15) is 14.4 Å². The lowest BCUT2D eigenvalue weighted by Crippen LogP contribution is -2.58. The maximum atomic E-state index is 15.5. The predicted molar refractivity (Wildman–Crippen MR) is 132 cm³/mol. The molecule has 0 unspecified atom stereocenters. The van der Waals surface area contributed by atoms with Gasteiger partial charge in [-0.25, -0.2) is 17.8 Å². The number of aromatic amines is 1. The molecule has 2 N–H and O–H groups in total. The van der Waals surface area contributed by atoms with Crippen molar-refractivity contribution in [3.8, 4) is 0 Å². The van der Waals surface area contributed by atoms with Crippen LogP contribution >= 0.6 is 0 Å². The molecule has 2 aromatic heterocycles. The van der Waals surface area contributed by atoms with E-state index in [1.165, 1.54) is 0 Å². The van der Waals surface area contributed by atoms with Crippen LogP contribution in [0.15, 0.2) is 12.1 Å². The highest BCUT2D eigenvalue weighted by Gasteiger charge is 2.45. The minimum atomic E-state index is -3.26. The Morgan fingerprint density at radius 2 is 2.03 bits per heavy atom. The number of nitrogens with zero attached hydrogens (tertiary/aromatic N) is 5. The smallest absolute Gasteiger partial charge is 0.228 e. The van der Waals surface area contributed by atoms with Crippen LogP contribution in [-0.2, 0) is 14.8 Å². The van der Waals surface area contributed by atoms with Gasteiger partial charge in [0.05, 0.1) is 19.0 Å².